The molecule has 0 aliphatic heterocycles. The second kappa shape index (κ2) is 7.10. The lowest BCUT2D eigenvalue weighted by molar-refractivity contribution is 0.669. The molecule has 0 saturated heterocycles. The van der Waals surface area contributed by atoms with Gasteiger partial charge in [0.25, 0.3) is 0 Å². The minimum absolute atomic E-state index is 0.470. The van der Waals surface area contributed by atoms with Crippen LogP contribution in [0.2, 0.25) is 0 Å². The molecule has 0 aliphatic rings. The molecular weight excluding hydrogens is 320 g/mol. The fourth-order valence-corrected chi connectivity index (χ4v) is 3.81. The predicted molar refractivity (Wildman–Crippen MR) is 110 cm³/mol. The SMILES string of the molecule is CCC(CC)Nc1cn2c(C)nc(-c3c(C)cc(C)cc3C)c2nc1C. The summed E-state index contributed by atoms with van der Waals surface area (Å²) in [7, 11) is 0. The zero-order valence-corrected chi connectivity index (χ0v) is 17.1. The Morgan fingerprint density at radius 3 is 2.15 bits per heavy atom. The van der Waals surface area contributed by atoms with E-state index in [0.717, 1.165) is 41.4 Å². The van der Waals surface area contributed by atoms with E-state index in [0.29, 0.717) is 6.04 Å². The maximum Gasteiger partial charge on any atom is 0.165 e. The van der Waals surface area contributed by atoms with Crippen LogP contribution in [-0.2, 0) is 0 Å². The fourth-order valence-electron chi connectivity index (χ4n) is 3.81. The van der Waals surface area contributed by atoms with E-state index < -0.39 is 0 Å². The average molecular weight is 351 g/mol. The Balaban J connectivity index is 2.18. The van der Waals surface area contributed by atoms with Crippen molar-refractivity contribution in [2.75, 3.05) is 5.32 Å². The van der Waals surface area contributed by atoms with Crippen molar-refractivity contribution < 1.29 is 0 Å². The van der Waals surface area contributed by atoms with Crippen LogP contribution < -0.4 is 5.32 Å². The summed E-state index contributed by atoms with van der Waals surface area (Å²) in [6.07, 6.45) is 4.36. The third-order valence-corrected chi connectivity index (χ3v) is 5.24. The predicted octanol–water partition coefficient (Wildman–Crippen LogP) is 5.54. The molecular formula is C22H30N4. The standard InChI is InChI=1S/C22H30N4/c1-8-18(9-2)25-19-12-26-17(7)24-21(22(26)23-16(19)6)20-14(4)10-13(3)11-15(20)5/h10-12,18,25H,8-9H2,1-7H3. The van der Waals surface area contributed by atoms with E-state index in [1.165, 1.54) is 22.3 Å². The van der Waals surface area contributed by atoms with Crippen molar-refractivity contribution in [1.29, 1.82) is 0 Å². The first-order valence-electron chi connectivity index (χ1n) is 9.56. The highest BCUT2D eigenvalue weighted by atomic mass is 15.1. The molecule has 0 bridgehead atoms. The summed E-state index contributed by atoms with van der Waals surface area (Å²) in [6, 6.07) is 4.91. The summed E-state index contributed by atoms with van der Waals surface area (Å²) >= 11 is 0. The van der Waals surface area contributed by atoms with E-state index in [9.17, 15) is 0 Å². The van der Waals surface area contributed by atoms with Crippen molar-refractivity contribution in [3.63, 3.8) is 0 Å². The molecule has 0 saturated carbocycles. The molecule has 3 aromatic rings. The lowest BCUT2D eigenvalue weighted by Crippen LogP contribution is -2.18. The normalized spacial score (nSPS) is 11.5. The van der Waals surface area contributed by atoms with Gasteiger partial charge in [-0.15, -0.1) is 0 Å². The monoisotopic (exact) mass is 350 g/mol. The second-order valence-corrected chi connectivity index (χ2v) is 7.37. The maximum atomic E-state index is 4.94. The van der Waals surface area contributed by atoms with Gasteiger partial charge in [0.05, 0.1) is 11.4 Å². The molecule has 0 atom stereocenters. The van der Waals surface area contributed by atoms with Crippen molar-refractivity contribution >= 4 is 11.3 Å². The molecule has 0 unspecified atom stereocenters. The molecule has 2 heterocycles. The molecule has 0 aliphatic carbocycles. The van der Waals surface area contributed by atoms with Gasteiger partial charge in [-0.25, -0.2) is 9.97 Å². The first-order chi connectivity index (χ1) is 12.3. The van der Waals surface area contributed by atoms with Gasteiger partial charge < -0.3 is 5.32 Å². The fraction of sp³-hybridized carbons (Fsp3) is 0.455. The largest absolute Gasteiger partial charge is 0.380 e. The number of aromatic nitrogens is 3. The number of imidazole rings is 1. The number of aryl methyl sites for hydroxylation is 5. The molecule has 2 aromatic heterocycles. The number of rotatable bonds is 5. The van der Waals surface area contributed by atoms with Gasteiger partial charge in [0.15, 0.2) is 5.65 Å². The minimum Gasteiger partial charge on any atom is -0.380 e. The van der Waals surface area contributed by atoms with Crippen LogP contribution in [0.4, 0.5) is 5.69 Å². The number of hydrogen-bond acceptors (Lipinski definition) is 3. The van der Waals surface area contributed by atoms with Crippen molar-refractivity contribution in [2.24, 2.45) is 0 Å². The Morgan fingerprint density at radius 1 is 0.962 bits per heavy atom. The Labute approximate surface area is 156 Å². The van der Waals surface area contributed by atoms with E-state index in [1.54, 1.807) is 0 Å². The first kappa shape index (κ1) is 18.4. The molecule has 0 fully saturated rings. The number of nitrogens with zero attached hydrogens (tertiary/aromatic N) is 3. The van der Waals surface area contributed by atoms with E-state index in [-0.39, 0.29) is 0 Å². The van der Waals surface area contributed by atoms with Gasteiger partial charge in [-0.3, -0.25) is 4.40 Å². The second-order valence-electron chi connectivity index (χ2n) is 7.37. The lowest BCUT2D eigenvalue weighted by Gasteiger charge is -2.18. The van der Waals surface area contributed by atoms with E-state index >= 15 is 0 Å². The van der Waals surface area contributed by atoms with Crippen LogP contribution in [0.25, 0.3) is 16.9 Å². The molecule has 0 radical (unpaired) electrons. The highest BCUT2D eigenvalue weighted by molar-refractivity contribution is 5.80. The van der Waals surface area contributed by atoms with Gasteiger partial charge in [0, 0.05) is 17.8 Å². The maximum absolute atomic E-state index is 4.94. The molecule has 4 heteroatoms. The highest BCUT2D eigenvalue weighted by Crippen LogP contribution is 2.32. The summed E-state index contributed by atoms with van der Waals surface area (Å²) in [4.78, 5) is 9.82. The van der Waals surface area contributed by atoms with Crippen LogP contribution in [0.15, 0.2) is 18.3 Å². The van der Waals surface area contributed by atoms with Gasteiger partial charge in [-0.2, -0.15) is 0 Å². The van der Waals surface area contributed by atoms with Crippen molar-refractivity contribution in [1.82, 2.24) is 14.4 Å². The number of hydrogen-bond donors (Lipinski definition) is 1. The Bertz CT molecular complexity index is 925. The Kier molecular flexibility index (Phi) is 5.03. The topological polar surface area (TPSA) is 42.2 Å². The van der Waals surface area contributed by atoms with E-state index in [4.69, 9.17) is 9.97 Å². The first-order valence-corrected chi connectivity index (χ1v) is 9.56. The third kappa shape index (κ3) is 3.20. The summed E-state index contributed by atoms with van der Waals surface area (Å²) in [5.41, 5.74) is 9.02. The molecule has 0 amide bonds. The van der Waals surface area contributed by atoms with Crippen LogP contribution in [0, 0.1) is 34.6 Å². The summed E-state index contributed by atoms with van der Waals surface area (Å²) in [5, 5.41) is 3.63. The summed E-state index contributed by atoms with van der Waals surface area (Å²) in [6.45, 7) is 15.0. The molecule has 4 nitrogen and oxygen atoms in total. The van der Waals surface area contributed by atoms with Gasteiger partial charge in [-0.05, 0) is 58.6 Å². The van der Waals surface area contributed by atoms with E-state index in [1.807, 2.05) is 6.92 Å². The lowest BCUT2D eigenvalue weighted by atomic mass is 9.97. The van der Waals surface area contributed by atoms with Gasteiger partial charge in [-0.1, -0.05) is 31.5 Å². The number of nitrogens with one attached hydrogen (secondary N) is 1. The van der Waals surface area contributed by atoms with Crippen LogP contribution in [0.1, 0.15) is 54.9 Å². The molecule has 3 rings (SSSR count). The van der Waals surface area contributed by atoms with Crippen LogP contribution in [0.3, 0.4) is 0 Å². The molecule has 1 N–H and O–H groups in total. The molecule has 0 spiro atoms. The smallest absolute Gasteiger partial charge is 0.165 e. The van der Waals surface area contributed by atoms with Gasteiger partial charge in [0.1, 0.15) is 11.5 Å². The Hall–Kier alpha value is -2.36. The van der Waals surface area contributed by atoms with Crippen LogP contribution in [0.5, 0.6) is 0 Å². The average Bonchev–Trinajstić information content (AvgIpc) is 2.87. The number of anilines is 1. The number of benzene rings is 1. The zero-order chi connectivity index (χ0) is 19.0. The van der Waals surface area contributed by atoms with Crippen LogP contribution >= 0.6 is 0 Å². The molecule has 138 valence electrons. The summed E-state index contributed by atoms with van der Waals surface area (Å²) in [5.74, 6) is 0.967. The highest BCUT2D eigenvalue weighted by Gasteiger charge is 2.18. The molecule has 1 aromatic carbocycles. The van der Waals surface area contributed by atoms with Crippen molar-refractivity contribution in [2.45, 2.75) is 67.3 Å². The van der Waals surface area contributed by atoms with Crippen molar-refractivity contribution in [3.8, 4) is 11.3 Å². The molecule has 26 heavy (non-hydrogen) atoms. The van der Waals surface area contributed by atoms with Gasteiger partial charge in [0.2, 0.25) is 0 Å². The summed E-state index contributed by atoms with van der Waals surface area (Å²) < 4.78 is 2.12. The minimum atomic E-state index is 0.470. The third-order valence-electron chi connectivity index (χ3n) is 5.24. The Morgan fingerprint density at radius 2 is 1.58 bits per heavy atom. The van der Waals surface area contributed by atoms with Crippen molar-refractivity contribution in [3.05, 3.63) is 46.5 Å². The van der Waals surface area contributed by atoms with Gasteiger partial charge >= 0.3 is 0 Å². The van der Waals surface area contributed by atoms with Crippen LogP contribution in [-0.4, -0.2) is 20.4 Å². The van der Waals surface area contributed by atoms with E-state index in [2.05, 4.69) is 69.6 Å². The zero-order valence-electron chi connectivity index (χ0n) is 17.1. The number of fused-ring (bicyclic) bond motifs is 1. The quantitative estimate of drug-likeness (QED) is 0.657.